The molecule has 42 heavy (non-hydrogen) atoms. The van der Waals surface area contributed by atoms with E-state index in [-0.39, 0.29) is 0 Å². The molecule has 0 N–H and O–H groups in total. The van der Waals surface area contributed by atoms with Crippen LogP contribution in [0.2, 0.25) is 0 Å². The number of rotatable bonds is 9. The maximum atomic E-state index is 13.6. The molecule has 0 radical (unpaired) electrons. The van der Waals surface area contributed by atoms with Gasteiger partial charge < -0.3 is 9.80 Å². The first-order valence-corrected chi connectivity index (χ1v) is 15.3. The topological polar surface area (TPSA) is 112 Å². The number of piperazine rings is 1. The number of carbonyl (C=O) groups excluding carboxylic acids is 1. The van der Waals surface area contributed by atoms with Crippen molar-refractivity contribution >= 4 is 33.3 Å². The Labute approximate surface area is 246 Å². The number of hydrogen-bond acceptors (Lipinski definition) is 10. The van der Waals surface area contributed by atoms with Gasteiger partial charge in [0.1, 0.15) is 0 Å². The van der Waals surface area contributed by atoms with Crippen molar-refractivity contribution in [3.8, 4) is 11.3 Å². The third-order valence-electron chi connectivity index (χ3n) is 6.97. The van der Waals surface area contributed by atoms with Gasteiger partial charge in [-0.1, -0.05) is 18.2 Å². The van der Waals surface area contributed by atoms with Crippen molar-refractivity contribution in [1.29, 1.82) is 0 Å². The van der Waals surface area contributed by atoms with Crippen molar-refractivity contribution in [2.24, 2.45) is 0 Å². The molecule has 1 amide bonds. The Morgan fingerprint density at radius 2 is 1.74 bits per heavy atom. The molecule has 11 nitrogen and oxygen atoms in total. The maximum Gasteiger partial charge on any atom is 0.285 e. The molecule has 2 aromatic heterocycles. The molecule has 1 aliphatic rings. The highest BCUT2D eigenvalue weighted by Crippen LogP contribution is 2.32. The van der Waals surface area contributed by atoms with Crippen LogP contribution in [-0.4, -0.2) is 85.6 Å². The van der Waals surface area contributed by atoms with Crippen LogP contribution in [0.1, 0.15) is 15.9 Å². The van der Waals surface area contributed by atoms with E-state index in [9.17, 15) is 13.2 Å². The first-order valence-electron chi connectivity index (χ1n) is 13.5. The molecule has 0 unspecified atom stereocenters. The normalized spacial score (nSPS) is 14.5. The van der Waals surface area contributed by atoms with E-state index in [0.29, 0.717) is 23.7 Å². The van der Waals surface area contributed by atoms with Gasteiger partial charge in [-0.2, -0.15) is 13.5 Å². The zero-order valence-corrected chi connectivity index (χ0v) is 24.6. The molecule has 218 valence electrons. The number of benzene rings is 2. The fourth-order valence-corrected chi connectivity index (χ4v) is 5.09. The molecule has 1 aliphatic heterocycles. The summed E-state index contributed by atoms with van der Waals surface area (Å²) in [5, 5.41) is 0.874. The Hall–Kier alpha value is -4.23. The van der Waals surface area contributed by atoms with Gasteiger partial charge in [0.05, 0.1) is 17.6 Å². The molecule has 3 heterocycles. The molecular formula is C30H33N7O4S. The second-order valence-electron chi connectivity index (χ2n) is 10.2. The number of likely N-dealkylation sites (N-methyl/N-ethyl adjacent to an activating group) is 1. The summed E-state index contributed by atoms with van der Waals surface area (Å²) in [5.74, 6) is -0.117. The van der Waals surface area contributed by atoms with Crippen LogP contribution in [0.25, 0.3) is 11.3 Å². The Balaban J connectivity index is 1.55. The van der Waals surface area contributed by atoms with Gasteiger partial charge in [-0.05, 0) is 61.1 Å². The molecular weight excluding hydrogens is 554 g/mol. The third-order valence-corrected chi connectivity index (χ3v) is 7.39. The Bertz CT molecular complexity index is 1630. The average molecular weight is 588 g/mol. The molecule has 0 atom stereocenters. The standard InChI is InChI=1S/C30H33N7O4S/c1-34-16-18-36(19-17-34)22-25-20-26(35(2)30-32-15-13-27(33-30)24-10-7-14-31-21-24)11-12-28(25)37(41-42(3,39)40)29(38)23-8-5-4-6-9-23/h4-15,20-21H,16-19,22H2,1-3H3. The number of hydroxylamine groups is 1. The zero-order chi connectivity index (χ0) is 29.7. The minimum atomic E-state index is -4.03. The molecule has 0 bridgehead atoms. The van der Waals surface area contributed by atoms with E-state index in [4.69, 9.17) is 9.27 Å². The summed E-state index contributed by atoms with van der Waals surface area (Å²) in [6.45, 7) is 3.93. The van der Waals surface area contributed by atoms with Gasteiger partial charge in [-0.25, -0.2) is 9.97 Å². The highest BCUT2D eigenvalue weighted by Gasteiger charge is 2.27. The lowest BCUT2D eigenvalue weighted by molar-refractivity contribution is 0.0884. The summed E-state index contributed by atoms with van der Waals surface area (Å²) in [7, 11) is -0.0933. The lowest BCUT2D eigenvalue weighted by atomic mass is 10.1. The number of amides is 1. The van der Waals surface area contributed by atoms with Crippen LogP contribution in [0, 0.1) is 0 Å². The van der Waals surface area contributed by atoms with Crippen LogP contribution in [0.5, 0.6) is 0 Å². The number of pyridine rings is 1. The molecule has 1 fully saturated rings. The summed E-state index contributed by atoms with van der Waals surface area (Å²) in [4.78, 5) is 33.4. The quantitative estimate of drug-likeness (QED) is 0.269. The van der Waals surface area contributed by atoms with E-state index in [1.165, 1.54) is 0 Å². The number of nitrogens with zero attached hydrogens (tertiary/aromatic N) is 7. The van der Waals surface area contributed by atoms with Crippen LogP contribution in [-0.2, 0) is 20.9 Å². The van der Waals surface area contributed by atoms with Gasteiger partial charge in [-0.15, -0.1) is 4.28 Å². The Morgan fingerprint density at radius 3 is 2.43 bits per heavy atom. The highest BCUT2D eigenvalue weighted by atomic mass is 32.2. The van der Waals surface area contributed by atoms with Gasteiger partial charge in [-0.3, -0.25) is 14.7 Å². The molecule has 4 aromatic rings. The summed E-state index contributed by atoms with van der Waals surface area (Å²) >= 11 is 0. The van der Waals surface area contributed by atoms with E-state index >= 15 is 0 Å². The highest BCUT2D eigenvalue weighted by molar-refractivity contribution is 7.86. The first-order chi connectivity index (χ1) is 20.2. The van der Waals surface area contributed by atoms with Gasteiger partial charge in [0, 0.05) is 75.2 Å². The molecule has 2 aromatic carbocycles. The molecule has 0 spiro atoms. The number of anilines is 3. The summed E-state index contributed by atoms with van der Waals surface area (Å²) < 4.78 is 30.0. The molecule has 0 saturated carbocycles. The SMILES string of the molecule is CN1CCN(Cc2cc(N(C)c3nccc(-c4cccnc4)n3)ccc2N(OS(C)(=O)=O)C(=O)c2ccccc2)CC1. The molecule has 0 aliphatic carbocycles. The molecule has 5 rings (SSSR count). The minimum Gasteiger partial charge on any atom is -0.314 e. The fourth-order valence-electron chi connectivity index (χ4n) is 4.67. The van der Waals surface area contributed by atoms with Crippen LogP contribution in [0.15, 0.2) is 85.3 Å². The largest absolute Gasteiger partial charge is 0.314 e. The van der Waals surface area contributed by atoms with Crippen molar-refractivity contribution in [1.82, 2.24) is 24.8 Å². The summed E-state index contributed by atoms with van der Waals surface area (Å²) in [6, 6.07) is 19.5. The Kier molecular flexibility index (Phi) is 8.88. The van der Waals surface area contributed by atoms with Crippen molar-refractivity contribution in [3.05, 3.63) is 96.4 Å². The van der Waals surface area contributed by atoms with Crippen molar-refractivity contribution in [2.75, 3.05) is 56.5 Å². The predicted octanol–water partition coefficient (Wildman–Crippen LogP) is 3.59. The molecule has 1 saturated heterocycles. The van der Waals surface area contributed by atoms with Crippen LogP contribution in [0.4, 0.5) is 17.3 Å². The van der Waals surface area contributed by atoms with Crippen molar-refractivity contribution in [2.45, 2.75) is 6.54 Å². The summed E-state index contributed by atoms with van der Waals surface area (Å²) in [5.41, 5.74) is 3.73. The second-order valence-corrected chi connectivity index (χ2v) is 11.7. The van der Waals surface area contributed by atoms with Gasteiger partial charge >= 0.3 is 0 Å². The van der Waals surface area contributed by atoms with Gasteiger partial charge in [0.2, 0.25) is 5.95 Å². The average Bonchev–Trinajstić information content (AvgIpc) is 3.01. The second kappa shape index (κ2) is 12.7. The minimum absolute atomic E-state index is 0.300. The van der Waals surface area contributed by atoms with Crippen molar-refractivity contribution in [3.63, 3.8) is 0 Å². The number of carbonyl (C=O) groups is 1. The van der Waals surface area contributed by atoms with E-state index in [0.717, 1.165) is 60.0 Å². The first kappa shape index (κ1) is 29.3. The van der Waals surface area contributed by atoms with Crippen LogP contribution < -0.4 is 9.96 Å². The lowest BCUT2D eigenvalue weighted by Gasteiger charge is -2.33. The third kappa shape index (κ3) is 7.15. The van der Waals surface area contributed by atoms with E-state index < -0.39 is 16.0 Å². The number of aromatic nitrogens is 3. The molecule has 12 heteroatoms. The van der Waals surface area contributed by atoms with E-state index in [1.807, 2.05) is 36.2 Å². The number of hydrogen-bond donors (Lipinski definition) is 0. The Morgan fingerprint density at radius 1 is 0.976 bits per heavy atom. The zero-order valence-electron chi connectivity index (χ0n) is 23.8. The van der Waals surface area contributed by atoms with Crippen LogP contribution in [0.3, 0.4) is 0 Å². The van der Waals surface area contributed by atoms with Gasteiger partial charge in [0.15, 0.2) is 0 Å². The lowest BCUT2D eigenvalue weighted by Crippen LogP contribution is -2.44. The monoisotopic (exact) mass is 587 g/mol. The predicted molar refractivity (Wildman–Crippen MR) is 162 cm³/mol. The van der Waals surface area contributed by atoms with Crippen molar-refractivity contribution < 1.29 is 17.5 Å². The smallest absolute Gasteiger partial charge is 0.285 e. The van der Waals surface area contributed by atoms with Crippen LogP contribution >= 0.6 is 0 Å². The fraction of sp³-hybridized carbons (Fsp3) is 0.267. The van der Waals surface area contributed by atoms with E-state index in [1.54, 1.807) is 61.1 Å². The van der Waals surface area contributed by atoms with E-state index in [2.05, 4.69) is 26.8 Å². The maximum absolute atomic E-state index is 13.6. The summed E-state index contributed by atoms with van der Waals surface area (Å²) in [6.07, 6.45) is 6.07. The van der Waals surface area contributed by atoms with Gasteiger partial charge in [0.25, 0.3) is 16.0 Å².